The number of aliphatic hydroxyl groups is 3. The number of nitrogens with one attached hydrogen (secondary N) is 1. The molecule has 0 aromatic heterocycles. The Balaban J connectivity index is 1.91. The lowest BCUT2D eigenvalue weighted by Crippen LogP contribution is -2.53. The average molecular weight is 510 g/mol. The number of anilines is 1. The van der Waals surface area contributed by atoms with Gasteiger partial charge in [0.1, 0.15) is 28.9 Å². The molecule has 0 bridgehead atoms. The topological polar surface area (TPSA) is 163 Å². The minimum atomic E-state index is -4.32. The highest BCUT2D eigenvalue weighted by molar-refractivity contribution is 7.93. The quantitative estimate of drug-likeness (QED) is 0.344. The normalized spacial score (nSPS) is 29.5. The minimum Gasteiger partial charge on any atom is -0.478 e. The second-order valence-electron chi connectivity index (χ2n) is 8.02. The molecule has 1 aliphatic heterocycles. The van der Waals surface area contributed by atoms with Gasteiger partial charge in [-0.2, -0.15) is 0 Å². The summed E-state index contributed by atoms with van der Waals surface area (Å²) < 4.78 is 53.1. The van der Waals surface area contributed by atoms with E-state index in [1.54, 1.807) is 6.92 Å². The number of carbonyl (C=O) groups is 1. The lowest BCUT2D eigenvalue weighted by atomic mass is 9.90. The van der Waals surface area contributed by atoms with E-state index in [0.29, 0.717) is 0 Å². The number of benzene rings is 1. The smallest absolute Gasteiger partial charge is 0.332 e. The summed E-state index contributed by atoms with van der Waals surface area (Å²) in [6.45, 7) is 0.712. The first-order valence-corrected chi connectivity index (χ1v) is 12.0. The number of hydrogen-bond donors (Lipinski definition) is 5. The van der Waals surface area contributed by atoms with Crippen LogP contribution in [0.1, 0.15) is 26.2 Å². The van der Waals surface area contributed by atoms with Crippen LogP contribution in [0.2, 0.25) is 5.02 Å². The van der Waals surface area contributed by atoms with Crippen molar-refractivity contribution < 1.29 is 47.5 Å². The molecule has 3 unspecified atom stereocenters. The Labute approximate surface area is 194 Å². The van der Waals surface area contributed by atoms with Crippen LogP contribution < -0.4 is 4.72 Å². The summed E-state index contributed by atoms with van der Waals surface area (Å²) in [5.41, 5.74) is -2.06. The van der Waals surface area contributed by atoms with Gasteiger partial charge in [-0.15, -0.1) is 0 Å². The van der Waals surface area contributed by atoms with Gasteiger partial charge in [0.15, 0.2) is 5.79 Å². The van der Waals surface area contributed by atoms with Crippen LogP contribution >= 0.6 is 11.6 Å². The Morgan fingerprint density at radius 2 is 2.09 bits per heavy atom. The van der Waals surface area contributed by atoms with Gasteiger partial charge in [0.05, 0.1) is 29.5 Å². The molecule has 5 atom stereocenters. The molecule has 1 spiro atoms. The molecule has 1 aromatic rings. The fraction of sp³-hybridized carbons (Fsp3) is 0.550. The van der Waals surface area contributed by atoms with E-state index < -0.39 is 62.8 Å². The molecule has 13 heteroatoms. The van der Waals surface area contributed by atoms with Crippen LogP contribution in [0.5, 0.6) is 0 Å². The SMILES string of the molecule is CC[C@]1(C(O)[C@H](O)CO)COC2(C=C(C(=O)O)C(S(=O)(=O)Nc3ccc(F)cc3Cl)CC2)O1. The third kappa shape index (κ3) is 5.02. The number of ether oxygens (including phenoxy) is 2. The zero-order chi connectivity index (χ0) is 24.6. The van der Waals surface area contributed by atoms with Crippen LogP contribution in [-0.4, -0.2) is 76.9 Å². The van der Waals surface area contributed by atoms with Crippen LogP contribution in [0.3, 0.4) is 0 Å². The van der Waals surface area contributed by atoms with Crippen molar-refractivity contribution in [2.75, 3.05) is 17.9 Å². The fourth-order valence-corrected chi connectivity index (χ4v) is 5.86. The summed E-state index contributed by atoms with van der Waals surface area (Å²) in [6, 6.07) is 3.04. The number of carboxylic acids is 1. The lowest BCUT2D eigenvalue weighted by molar-refractivity contribution is -0.201. The van der Waals surface area contributed by atoms with Crippen LogP contribution in [0.15, 0.2) is 29.8 Å². The number of hydrogen-bond acceptors (Lipinski definition) is 8. The highest BCUT2D eigenvalue weighted by Gasteiger charge is 2.56. The van der Waals surface area contributed by atoms with E-state index in [1.165, 1.54) is 0 Å². The first kappa shape index (κ1) is 25.8. The average Bonchev–Trinajstić information content (AvgIpc) is 3.13. The monoisotopic (exact) mass is 509 g/mol. The lowest BCUT2D eigenvalue weighted by Gasteiger charge is -2.38. The van der Waals surface area contributed by atoms with Crippen molar-refractivity contribution in [1.82, 2.24) is 0 Å². The van der Waals surface area contributed by atoms with Gasteiger partial charge < -0.3 is 29.9 Å². The molecule has 0 amide bonds. The molecule has 3 rings (SSSR count). The van der Waals surface area contributed by atoms with Crippen LogP contribution in [-0.2, 0) is 24.3 Å². The second-order valence-corrected chi connectivity index (χ2v) is 10.3. The van der Waals surface area contributed by atoms with Crippen molar-refractivity contribution in [2.45, 2.75) is 55.0 Å². The summed E-state index contributed by atoms with van der Waals surface area (Å²) in [6.07, 6.45) is -2.13. The van der Waals surface area contributed by atoms with Crippen molar-refractivity contribution in [3.05, 3.63) is 40.7 Å². The Hall–Kier alpha value is -1.80. The number of carboxylic acid groups (broad SMARTS) is 1. The van der Waals surface area contributed by atoms with Crippen LogP contribution in [0.4, 0.5) is 10.1 Å². The van der Waals surface area contributed by atoms with Gasteiger partial charge >= 0.3 is 5.97 Å². The van der Waals surface area contributed by atoms with E-state index in [4.69, 9.17) is 21.1 Å². The second kappa shape index (κ2) is 9.45. The molecule has 1 saturated heterocycles. The van der Waals surface area contributed by atoms with Crippen LogP contribution in [0.25, 0.3) is 0 Å². The molecule has 1 fully saturated rings. The Kier molecular flexibility index (Phi) is 7.39. The Morgan fingerprint density at radius 1 is 1.39 bits per heavy atom. The van der Waals surface area contributed by atoms with Gasteiger partial charge in [0.25, 0.3) is 0 Å². The van der Waals surface area contributed by atoms with Crippen molar-refractivity contribution >= 4 is 33.3 Å². The predicted octanol–water partition coefficient (Wildman–Crippen LogP) is 1.00. The number of halogens is 2. The van der Waals surface area contributed by atoms with E-state index in [0.717, 1.165) is 24.3 Å². The zero-order valence-corrected chi connectivity index (χ0v) is 19.1. The van der Waals surface area contributed by atoms with Gasteiger partial charge in [0, 0.05) is 6.42 Å². The van der Waals surface area contributed by atoms with Gasteiger partial charge in [-0.1, -0.05) is 18.5 Å². The molecule has 33 heavy (non-hydrogen) atoms. The third-order valence-electron chi connectivity index (χ3n) is 5.91. The molecule has 1 aromatic carbocycles. The molecule has 184 valence electrons. The first-order valence-electron chi connectivity index (χ1n) is 10.1. The highest BCUT2D eigenvalue weighted by Crippen LogP contribution is 2.45. The van der Waals surface area contributed by atoms with Crippen molar-refractivity contribution in [1.29, 1.82) is 0 Å². The Bertz CT molecular complexity index is 1050. The third-order valence-corrected chi connectivity index (χ3v) is 7.96. The maximum atomic E-state index is 13.3. The number of sulfonamides is 1. The fourth-order valence-electron chi connectivity index (χ4n) is 4.03. The molecule has 1 heterocycles. The molecule has 0 radical (unpaired) electrons. The largest absolute Gasteiger partial charge is 0.478 e. The molecule has 5 N–H and O–H groups in total. The van der Waals surface area contributed by atoms with E-state index in [1.807, 2.05) is 0 Å². The maximum absolute atomic E-state index is 13.3. The van der Waals surface area contributed by atoms with Gasteiger partial charge in [-0.25, -0.2) is 17.6 Å². The molecule has 2 aliphatic rings. The predicted molar refractivity (Wildman–Crippen MR) is 115 cm³/mol. The molecule has 0 saturated carbocycles. The van der Waals surface area contributed by atoms with Crippen molar-refractivity contribution in [3.63, 3.8) is 0 Å². The Morgan fingerprint density at radius 3 is 2.67 bits per heavy atom. The van der Waals surface area contributed by atoms with Gasteiger partial charge in [-0.3, -0.25) is 4.72 Å². The van der Waals surface area contributed by atoms with E-state index in [2.05, 4.69) is 4.72 Å². The molecular weight excluding hydrogens is 485 g/mol. The zero-order valence-electron chi connectivity index (χ0n) is 17.6. The van der Waals surface area contributed by atoms with E-state index in [-0.39, 0.29) is 36.6 Å². The van der Waals surface area contributed by atoms with Crippen LogP contribution in [0, 0.1) is 5.82 Å². The van der Waals surface area contributed by atoms with Crippen molar-refractivity contribution in [2.24, 2.45) is 0 Å². The standard InChI is InChI=1S/C20H25ClFNO9S/c1-2-19(17(26)15(25)9-24)10-31-20(32-19)6-5-16(12(8-20)18(27)28)33(29,30)23-14-4-3-11(22)7-13(14)21/h3-4,7-8,15-17,23-26H,2,5-6,9-10H2,1H3,(H,27,28)/t15-,16?,17?,19-,20?/m1/s1. The van der Waals surface area contributed by atoms with E-state index in [9.17, 15) is 38.0 Å². The summed E-state index contributed by atoms with van der Waals surface area (Å²) in [4.78, 5) is 12.0. The van der Waals surface area contributed by atoms with E-state index >= 15 is 0 Å². The highest BCUT2D eigenvalue weighted by atomic mass is 35.5. The number of aliphatic hydroxyl groups excluding tert-OH is 3. The molecule has 10 nitrogen and oxygen atoms in total. The van der Waals surface area contributed by atoms with Gasteiger partial charge in [-0.05, 0) is 37.1 Å². The molecular formula is C20H25ClFNO9S. The summed E-state index contributed by atoms with van der Waals surface area (Å²) in [5.74, 6) is -3.83. The van der Waals surface area contributed by atoms with Gasteiger partial charge in [0.2, 0.25) is 10.0 Å². The molecule has 1 aliphatic carbocycles. The number of rotatable bonds is 8. The summed E-state index contributed by atoms with van der Waals surface area (Å²) in [7, 11) is -4.32. The number of aliphatic carboxylic acids is 1. The summed E-state index contributed by atoms with van der Waals surface area (Å²) >= 11 is 5.89. The first-order chi connectivity index (χ1) is 15.4. The maximum Gasteiger partial charge on any atom is 0.332 e. The van der Waals surface area contributed by atoms with Crippen molar-refractivity contribution in [3.8, 4) is 0 Å². The summed E-state index contributed by atoms with van der Waals surface area (Å²) in [5, 5.41) is 37.5. The minimum absolute atomic E-state index is 0.0732.